The summed E-state index contributed by atoms with van der Waals surface area (Å²) in [5.41, 5.74) is 2.31. The Morgan fingerprint density at radius 2 is 1.94 bits per heavy atom. The van der Waals surface area contributed by atoms with Crippen molar-refractivity contribution in [1.29, 1.82) is 0 Å². The predicted octanol–water partition coefficient (Wildman–Crippen LogP) is 3.43. The minimum absolute atomic E-state index is 0.0798. The van der Waals surface area contributed by atoms with E-state index in [1.54, 1.807) is 7.11 Å². The molecule has 0 spiro atoms. The minimum atomic E-state index is 0.0798. The van der Waals surface area contributed by atoms with E-state index in [2.05, 4.69) is 25.6 Å². The van der Waals surface area contributed by atoms with Crippen molar-refractivity contribution in [3.05, 3.63) is 48.0 Å². The molecule has 0 radical (unpaired) electrons. The minimum Gasteiger partial charge on any atom is -0.378 e. The van der Waals surface area contributed by atoms with Gasteiger partial charge in [-0.2, -0.15) is 0 Å². The SMILES string of the molecule is C=C(C)[C@@H](C)[C@H](COCc1ccccc1)OC. The highest BCUT2D eigenvalue weighted by atomic mass is 16.5. The van der Waals surface area contributed by atoms with E-state index >= 15 is 0 Å². The van der Waals surface area contributed by atoms with Crippen LogP contribution in [0.15, 0.2) is 42.5 Å². The largest absolute Gasteiger partial charge is 0.378 e. The van der Waals surface area contributed by atoms with Crippen LogP contribution in [0.2, 0.25) is 0 Å². The molecule has 94 valence electrons. The Kier molecular flexibility index (Phi) is 5.95. The maximum atomic E-state index is 5.68. The molecule has 0 aromatic heterocycles. The highest BCUT2D eigenvalue weighted by Crippen LogP contribution is 2.15. The molecule has 0 saturated carbocycles. The molecule has 0 amide bonds. The van der Waals surface area contributed by atoms with Crippen LogP contribution < -0.4 is 0 Å². The van der Waals surface area contributed by atoms with Gasteiger partial charge in [0.1, 0.15) is 0 Å². The van der Waals surface area contributed by atoms with Crippen LogP contribution in [0.3, 0.4) is 0 Å². The lowest BCUT2D eigenvalue weighted by Gasteiger charge is -2.22. The monoisotopic (exact) mass is 234 g/mol. The van der Waals surface area contributed by atoms with Gasteiger partial charge >= 0.3 is 0 Å². The Morgan fingerprint density at radius 3 is 2.47 bits per heavy atom. The first-order valence-electron chi connectivity index (χ1n) is 5.95. The number of hydrogen-bond donors (Lipinski definition) is 0. The van der Waals surface area contributed by atoms with Crippen molar-refractivity contribution in [2.75, 3.05) is 13.7 Å². The van der Waals surface area contributed by atoms with Crippen molar-refractivity contribution in [2.24, 2.45) is 5.92 Å². The third kappa shape index (κ3) is 4.72. The smallest absolute Gasteiger partial charge is 0.0867 e. The number of methoxy groups -OCH3 is 1. The summed E-state index contributed by atoms with van der Waals surface area (Å²) < 4.78 is 11.1. The van der Waals surface area contributed by atoms with E-state index in [-0.39, 0.29) is 6.10 Å². The summed E-state index contributed by atoms with van der Waals surface area (Å²) in [5, 5.41) is 0. The molecular formula is C15H22O2. The quantitative estimate of drug-likeness (QED) is 0.673. The van der Waals surface area contributed by atoms with Gasteiger partial charge in [-0.05, 0) is 12.5 Å². The Hall–Kier alpha value is -1.12. The zero-order valence-corrected chi connectivity index (χ0v) is 11.0. The van der Waals surface area contributed by atoms with E-state index in [4.69, 9.17) is 9.47 Å². The molecule has 1 rings (SSSR count). The van der Waals surface area contributed by atoms with Gasteiger partial charge in [0.25, 0.3) is 0 Å². The highest BCUT2D eigenvalue weighted by Gasteiger charge is 2.17. The summed E-state index contributed by atoms with van der Waals surface area (Å²) in [6.07, 6.45) is 0.0798. The first-order chi connectivity index (χ1) is 8.15. The van der Waals surface area contributed by atoms with Crippen LogP contribution in [-0.2, 0) is 16.1 Å². The van der Waals surface area contributed by atoms with E-state index in [0.717, 1.165) is 5.57 Å². The van der Waals surface area contributed by atoms with Crippen molar-refractivity contribution in [1.82, 2.24) is 0 Å². The molecule has 1 aromatic carbocycles. The van der Waals surface area contributed by atoms with Gasteiger partial charge in [0.05, 0.1) is 19.3 Å². The fourth-order valence-corrected chi connectivity index (χ4v) is 1.60. The van der Waals surface area contributed by atoms with Crippen molar-refractivity contribution < 1.29 is 9.47 Å². The Bertz CT molecular complexity index is 332. The molecule has 0 unspecified atom stereocenters. The van der Waals surface area contributed by atoms with Crippen LogP contribution in [0.1, 0.15) is 19.4 Å². The summed E-state index contributed by atoms with van der Waals surface area (Å²) in [6, 6.07) is 10.2. The molecule has 0 aliphatic carbocycles. The van der Waals surface area contributed by atoms with Crippen LogP contribution in [-0.4, -0.2) is 19.8 Å². The number of rotatable bonds is 7. The zero-order valence-electron chi connectivity index (χ0n) is 11.0. The van der Waals surface area contributed by atoms with Crippen molar-refractivity contribution >= 4 is 0 Å². The normalized spacial score (nSPS) is 14.3. The molecule has 2 nitrogen and oxygen atoms in total. The van der Waals surface area contributed by atoms with E-state index < -0.39 is 0 Å². The number of ether oxygens (including phenoxy) is 2. The standard InChI is InChI=1S/C15H22O2/c1-12(2)13(3)15(16-4)11-17-10-14-8-6-5-7-9-14/h5-9,13,15H,1,10-11H2,2-4H3/t13-,15+/m1/s1. The van der Waals surface area contributed by atoms with Crippen molar-refractivity contribution in [3.8, 4) is 0 Å². The average Bonchev–Trinajstić information content (AvgIpc) is 2.35. The van der Waals surface area contributed by atoms with Gasteiger partial charge in [-0.25, -0.2) is 0 Å². The Morgan fingerprint density at radius 1 is 1.29 bits per heavy atom. The lowest BCUT2D eigenvalue weighted by Crippen LogP contribution is -2.26. The Labute approximate surface area is 104 Å². The Balaban J connectivity index is 2.36. The summed E-state index contributed by atoms with van der Waals surface area (Å²) in [5.74, 6) is 0.316. The lowest BCUT2D eigenvalue weighted by molar-refractivity contribution is -0.0170. The van der Waals surface area contributed by atoms with Gasteiger partial charge < -0.3 is 9.47 Å². The van der Waals surface area contributed by atoms with Gasteiger partial charge in [-0.1, -0.05) is 49.4 Å². The van der Waals surface area contributed by atoms with Crippen LogP contribution in [0.4, 0.5) is 0 Å². The number of benzene rings is 1. The molecule has 0 aliphatic heterocycles. The molecule has 0 bridgehead atoms. The van der Waals surface area contributed by atoms with Crippen LogP contribution in [0.5, 0.6) is 0 Å². The van der Waals surface area contributed by atoms with Gasteiger partial charge in [-0.15, -0.1) is 0 Å². The van der Waals surface area contributed by atoms with Gasteiger partial charge in [0.15, 0.2) is 0 Å². The van der Waals surface area contributed by atoms with Crippen LogP contribution >= 0.6 is 0 Å². The highest BCUT2D eigenvalue weighted by molar-refractivity contribution is 5.13. The maximum absolute atomic E-state index is 5.68. The summed E-state index contributed by atoms with van der Waals surface area (Å²) >= 11 is 0. The fourth-order valence-electron chi connectivity index (χ4n) is 1.60. The molecule has 2 atom stereocenters. The number of hydrogen-bond acceptors (Lipinski definition) is 2. The van der Waals surface area contributed by atoms with Gasteiger partial charge in [-0.3, -0.25) is 0 Å². The topological polar surface area (TPSA) is 18.5 Å². The molecule has 0 saturated heterocycles. The second kappa shape index (κ2) is 7.25. The zero-order chi connectivity index (χ0) is 12.7. The molecule has 0 fully saturated rings. The molecule has 0 heterocycles. The molecule has 2 heteroatoms. The molecule has 0 aliphatic rings. The second-order valence-corrected chi connectivity index (χ2v) is 4.41. The van der Waals surface area contributed by atoms with E-state index in [9.17, 15) is 0 Å². The first kappa shape index (κ1) is 13.9. The van der Waals surface area contributed by atoms with E-state index in [1.165, 1.54) is 5.56 Å². The molecule has 0 N–H and O–H groups in total. The molecule has 17 heavy (non-hydrogen) atoms. The van der Waals surface area contributed by atoms with E-state index in [1.807, 2.05) is 25.1 Å². The average molecular weight is 234 g/mol. The van der Waals surface area contributed by atoms with Gasteiger partial charge in [0, 0.05) is 13.0 Å². The maximum Gasteiger partial charge on any atom is 0.0867 e. The molecule has 1 aromatic rings. The third-order valence-electron chi connectivity index (χ3n) is 3.03. The van der Waals surface area contributed by atoms with Crippen molar-refractivity contribution in [3.63, 3.8) is 0 Å². The van der Waals surface area contributed by atoms with E-state index in [0.29, 0.717) is 19.1 Å². The second-order valence-electron chi connectivity index (χ2n) is 4.41. The van der Waals surface area contributed by atoms with Gasteiger partial charge in [0.2, 0.25) is 0 Å². The first-order valence-corrected chi connectivity index (χ1v) is 5.95. The summed E-state index contributed by atoms with van der Waals surface area (Å²) in [7, 11) is 1.72. The summed E-state index contributed by atoms with van der Waals surface area (Å²) in [6.45, 7) is 9.31. The third-order valence-corrected chi connectivity index (χ3v) is 3.03. The fraction of sp³-hybridized carbons (Fsp3) is 0.467. The van der Waals surface area contributed by atoms with Crippen molar-refractivity contribution in [2.45, 2.75) is 26.6 Å². The van der Waals surface area contributed by atoms with Crippen LogP contribution in [0.25, 0.3) is 0 Å². The predicted molar refractivity (Wildman–Crippen MR) is 70.9 cm³/mol. The lowest BCUT2D eigenvalue weighted by atomic mass is 9.98. The molecular weight excluding hydrogens is 212 g/mol. The summed E-state index contributed by atoms with van der Waals surface area (Å²) in [4.78, 5) is 0. The van der Waals surface area contributed by atoms with Crippen LogP contribution in [0, 0.1) is 5.92 Å².